The lowest BCUT2D eigenvalue weighted by Gasteiger charge is -2.39. The van der Waals surface area contributed by atoms with Crippen LogP contribution in [0, 0.1) is 11.3 Å². The van der Waals surface area contributed by atoms with Gasteiger partial charge in [-0.1, -0.05) is 38.7 Å². The van der Waals surface area contributed by atoms with Gasteiger partial charge in [0.05, 0.1) is 0 Å². The average Bonchev–Trinajstić information content (AvgIpc) is 2.09. The molecule has 0 aromatic rings. The Hall–Kier alpha value is -0.520. The van der Waals surface area contributed by atoms with Crippen LogP contribution >= 0.6 is 0 Å². The first-order valence-electron chi connectivity index (χ1n) is 5.63. The van der Waals surface area contributed by atoms with Crippen LogP contribution in [0.15, 0.2) is 24.3 Å². The van der Waals surface area contributed by atoms with E-state index < -0.39 is 0 Å². The monoisotopic (exact) mass is 192 g/mol. The first-order chi connectivity index (χ1) is 6.31. The molecule has 14 heavy (non-hydrogen) atoms. The number of hydrogen-bond donors (Lipinski definition) is 0. The highest BCUT2D eigenvalue weighted by atomic mass is 14.4. The summed E-state index contributed by atoms with van der Waals surface area (Å²) < 4.78 is 0. The predicted octanol–water partition coefficient (Wildman–Crippen LogP) is 4.73. The highest BCUT2D eigenvalue weighted by molar-refractivity contribution is 5.06. The van der Waals surface area contributed by atoms with Gasteiger partial charge in [-0.25, -0.2) is 0 Å². The molecule has 0 saturated carbocycles. The summed E-state index contributed by atoms with van der Waals surface area (Å²) in [5.41, 5.74) is 0.611. The first kappa shape index (κ1) is 11.6. The largest absolute Gasteiger partial charge is 0.0885 e. The third-order valence-corrected chi connectivity index (χ3v) is 3.82. The second-order valence-corrected chi connectivity index (χ2v) is 4.83. The number of rotatable bonds is 0. The normalized spacial score (nSPS) is 36.5. The average molecular weight is 192 g/mol. The molecule has 2 unspecified atom stereocenters. The van der Waals surface area contributed by atoms with E-state index in [0.717, 1.165) is 5.92 Å². The third-order valence-electron chi connectivity index (χ3n) is 3.82. The SMILES string of the molecule is C.CC12CCC=CC1CC=CCCC2. The van der Waals surface area contributed by atoms with Crippen molar-refractivity contribution in [3.63, 3.8) is 0 Å². The standard InChI is InChI=1S/C13H20.CH4/c1-13-10-6-3-2-4-8-12(13)9-5-7-11-13;/h2,4-5,9,12H,3,6-8,10-11H2,1H3;1H4. The molecule has 0 aliphatic heterocycles. The Kier molecular flexibility index (Phi) is 3.97. The molecule has 0 heterocycles. The van der Waals surface area contributed by atoms with Gasteiger partial charge in [-0.15, -0.1) is 0 Å². The van der Waals surface area contributed by atoms with Gasteiger partial charge in [-0.2, -0.15) is 0 Å². The van der Waals surface area contributed by atoms with E-state index in [1.54, 1.807) is 0 Å². The highest BCUT2D eigenvalue weighted by Crippen LogP contribution is 2.44. The smallest absolute Gasteiger partial charge is 0.0145 e. The molecular weight excluding hydrogens is 168 g/mol. The molecule has 2 rings (SSSR count). The minimum absolute atomic E-state index is 0. The van der Waals surface area contributed by atoms with E-state index in [1.807, 2.05) is 0 Å². The zero-order valence-corrected chi connectivity index (χ0v) is 8.63. The van der Waals surface area contributed by atoms with E-state index >= 15 is 0 Å². The molecule has 0 bridgehead atoms. The molecule has 0 aromatic heterocycles. The summed E-state index contributed by atoms with van der Waals surface area (Å²) in [6.45, 7) is 2.49. The molecular formula is C14H24. The molecule has 0 amide bonds. The van der Waals surface area contributed by atoms with Gasteiger partial charge in [0.1, 0.15) is 0 Å². The van der Waals surface area contributed by atoms with Crippen molar-refractivity contribution < 1.29 is 0 Å². The zero-order chi connectivity index (χ0) is 9.15. The van der Waals surface area contributed by atoms with Crippen LogP contribution in [-0.4, -0.2) is 0 Å². The maximum atomic E-state index is 2.49. The molecule has 0 saturated heterocycles. The van der Waals surface area contributed by atoms with Crippen molar-refractivity contribution in [2.24, 2.45) is 11.3 Å². The Balaban J connectivity index is 0.000000980. The van der Waals surface area contributed by atoms with Crippen LogP contribution < -0.4 is 0 Å². The molecule has 80 valence electrons. The summed E-state index contributed by atoms with van der Waals surface area (Å²) in [7, 11) is 0. The third kappa shape index (κ3) is 2.29. The van der Waals surface area contributed by atoms with E-state index in [9.17, 15) is 0 Å². The molecule has 0 fully saturated rings. The van der Waals surface area contributed by atoms with E-state index in [1.165, 1.54) is 38.5 Å². The molecule has 0 spiro atoms. The molecule has 2 aliphatic carbocycles. The fourth-order valence-electron chi connectivity index (χ4n) is 2.75. The summed E-state index contributed by atoms with van der Waals surface area (Å²) in [6, 6.07) is 0. The van der Waals surface area contributed by atoms with E-state index in [-0.39, 0.29) is 7.43 Å². The second-order valence-electron chi connectivity index (χ2n) is 4.83. The predicted molar refractivity (Wildman–Crippen MR) is 64.3 cm³/mol. The minimum atomic E-state index is 0. The molecule has 2 aliphatic rings. The second kappa shape index (κ2) is 4.82. The van der Waals surface area contributed by atoms with Crippen molar-refractivity contribution in [3.8, 4) is 0 Å². The van der Waals surface area contributed by atoms with Gasteiger partial charge < -0.3 is 0 Å². The molecule has 0 aromatic carbocycles. The van der Waals surface area contributed by atoms with E-state index in [2.05, 4.69) is 31.2 Å². The summed E-state index contributed by atoms with van der Waals surface area (Å²) >= 11 is 0. The van der Waals surface area contributed by atoms with Gasteiger partial charge in [0.15, 0.2) is 0 Å². The van der Waals surface area contributed by atoms with Gasteiger partial charge >= 0.3 is 0 Å². The Labute approximate surface area is 89.1 Å². The number of allylic oxidation sites excluding steroid dienone is 4. The number of fused-ring (bicyclic) bond motifs is 1. The lowest BCUT2D eigenvalue weighted by atomic mass is 9.66. The molecule has 0 heteroatoms. The summed E-state index contributed by atoms with van der Waals surface area (Å²) in [5, 5.41) is 0. The number of hydrogen-bond acceptors (Lipinski definition) is 0. The van der Waals surface area contributed by atoms with Crippen LogP contribution in [0.4, 0.5) is 0 Å². The Bertz CT molecular complexity index is 224. The van der Waals surface area contributed by atoms with Gasteiger partial charge in [-0.3, -0.25) is 0 Å². The van der Waals surface area contributed by atoms with Crippen LogP contribution in [0.1, 0.15) is 52.9 Å². The van der Waals surface area contributed by atoms with Gasteiger partial charge in [-0.05, 0) is 49.9 Å². The fraction of sp³-hybridized carbons (Fsp3) is 0.714. The quantitative estimate of drug-likeness (QED) is 0.487. The Morgan fingerprint density at radius 2 is 1.93 bits per heavy atom. The van der Waals surface area contributed by atoms with Crippen molar-refractivity contribution in [2.45, 2.75) is 52.9 Å². The van der Waals surface area contributed by atoms with Crippen molar-refractivity contribution in [1.82, 2.24) is 0 Å². The topological polar surface area (TPSA) is 0 Å². The Morgan fingerprint density at radius 1 is 1.07 bits per heavy atom. The van der Waals surface area contributed by atoms with Gasteiger partial charge in [0.2, 0.25) is 0 Å². The van der Waals surface area contributed by atoms with Crippen molar-refractivity contribution >= 4 is 0 Å². The summed E-state index contributed by atoms with van der Waals surface area (Å²) in [5.74, 6) is 0.817. The van der Waals surface area contributed by atoms with Crippen LogP contribution in [0.25, 0.3) is 0 Å². The van der Waals surface area contributed by atoms with Gasteiger partial charge in [0, 0.05) is 0 Å². The van der Waals surface area contributed by atoms with Crippen molar-refractivity contribution in [3.05, 3.63) is 24.3 Å². The van der Waals surface area contributed by atoms with E-state index in [4.69, 9.17) is 0 Å². The lowest BCUT2D eigenvalue weighted by Crippen LogP contribution is -2.28. The fourth-order valence-corrected chi connectivity index (χ4v) is 2.75. The van der Waals surface area contributed by atoms with Crippen LogP contribution in [-0.2, 0) is 0 Å². The van der Waals surface area contributed by atoms with Gasteiger partial charge in [0.25, 0.3) is 0 Å². The first-order valence-corrected chi connectivity index (χ1v) is 5.63. The Morgan fingerprint density at radius 3 is 2.79 bits per heavy atom. The van der Waals surface area contributed by atoms with Crippen molar-refractivity contribution in [2.75, 3.05) is 0 Å². The molecule has 0 nitrogen and oxygen atoms in total. The summed E-state index contributed by atoms with van der Waals surface area (Å²) in [4.78, 5) is 0. The van der Waals surface area contributed by atoms with Crippen LogP contribution in [0.2, 0.25) is 0 Å². The lowest BCUT2D eigenvalue weighted by molar-refractivity contribution is 0.175. The summed E-state index contributed by atoms with van der Waals surface area (Å²) in [6.07, 6.45) is 17.7. The van der Waals surface area contributed by atoms with Crippen LogP contribution in [0.3, 0.4) is 0 Å². The molecule has 0 radical (unpaired) electrons. The van der Waals surface area contributed by atoms with Crippen LogP contribution in [0.5, 0.6) is 0 Å². The van der Waals surface area contributed by atoms with Crippen molar-refractivity contribution in [1.29, 1.82) is 0 Å². The minimum Gasteiger partial charge on any atom is -0.0885 e. The maximum Gasteiger partial charge on any atom is -0.0145 e. The van der Waals surface area contributed by atoms with E-state index in [0.29, 0.717) is 5.41 Å². The highest BCUT2D eigenvalue weighted by Gasteiger charge is 2.32. The maximum absolute atomic E-state index is 2.49. The molecule has 2 atom stereocenters. The molecule has 0 N–H and O–H groups in total. The zero-order valence-electron chi connectivity index (χ0n) is 8.63.